The van der Waals surface area contributed by atoms with Gasteiger partial charge in [-0.3, -0.25) is 0 Å². The van der Waals surface area contributed by atoms with Crippen molar-refractivity contribution in [3.8, 4) is 0 Å². The first kappa shape index (κ1) is 14.5. The van der Waals surface area contributed by atoms with Crippen LogP contribution in [0, 0.1) is 12.7 Å². The summed E-state index contributed by atoms with van der Waals surface area (Å²) in [5.41, 5.74) is 9.06. The van der Waals surface area contributed by atoms with Crippen molar-refractivity contribution < 1.29 is 4.39 Å². The number of hydrogen-bond donors (Lipinski definition) is 1. The molecule has 1 atom stereocenters. The predicted octanol–water partition coefficient (Wildman–Crippen LogP) is 4.79. The predicted molar refractivity (Wildman–Crippen MR) is 80.9 cm³/mol. The molecule has 0 bridgehead atoms. The maximum absolute atomic E-state index is 13.3. The molecule has 0 aromatic heterocycles. The second kappa shape index (κ2) is 6.04. The Balaban J connectivity index is 2.22. The SMILES string of the molecule is Cc1cc(Cl)cc(C(N)Cc2cc(F)cc(Br)c2)c1. The monoisotopic (exact) mass is 341 g/mol. The second-order valence-corrected chi connectivity index (χ2v) is 6.00. The molecule has 1 unspecified atom stereocenters. The number of benzene rings is 2. The summed E-state index contributed by atoms with van der Waals surface area (Å²) in [6.07, 6.45) is 0.566. The third-order valence-corrected chi connectivity index (χ3v) is 3.55. The summed E-state index contributed by atoms with van der Waals surface area (Å²) >= 11 is 9.31. The lowest BCUT2D eigenvalue weighted by molar-refractivity contribution is 0.621. The van der Waals surface area contributed by atoms with E-state index in [1.807, 2.05) is 31.2 Å². The van der Waals surface area contributed by atoms with Gasteiger partial charge in [0.15, 0.2) is 0 Å². The molecular weight excluding hydrogens is 329 g/mol. The highest BCUT2D eigenvalue weighted by molar-refractivity contribution is 9.10. The Hall–Kier alpha value is -0.900. The zero-order valence-electron chi connectivity index (χ0n) is 10.5. The summed E-state index contributed by atoms with van der Waals surface area (Å²) in [4.78, 5) is 0. The van der Waals surface area contributed by atoms with E-state index in [4.69, 9.17) is 17.3 Å². The molecule has 2 aromatic rings. The fourth-order valence-electron chi connectivity index (χ4n) is 2.08. The van der Waals surface area contributed by atoms with Gasteiger partial charge in [0.25, 0.3) is 0 Å². The molecule has 0 aliphatic heterocycles. The molecule has 0 amide bonds. The van der Waals surface area contributed by atoms with Crippen molar-refractivity contribution in [2.45, 2.75) is 19.4 Å². The molecule has 19 heavy (non-hydrogen) atoms. The average Bonchev–Trinajstić information content (AvgIpc) is 2.25. The van der Waals surface area contributed by atoms with Gasteiger partial charge in [0.1, 0.15) is 5.82 Å². The molecule has 0 aliphatic rings. The minimum atomic E-state index is -0.265. The van der Waals surface area contributed by atoms with Crippen LogP contribution in [0.1, 0.15) is 22.7 Å². The number of rotatable bonds is 3. The van der Waals surface area contributed by atoms with Gasteiger partial charge < -0.3 is 5.73 Å². The van der Waals surface area contributed by atoms with Crippen LogP contribution < -0.4 is 5.73 Å². The summed E-state index contributed by atoms with van der Waals surface area (Å²) in [6.45, 7) is 1.97. The lowest BCUT2D eigenvalue weighted by Crippen LogP contribution is -2.13. The van der Waals surface area contributed by atoms with E-state index < -0.39 is 0 Å². The Morgan fingerprint density at radius 2 is 1.95 bits per heavy atom. The number of halogens is 3. The highest BCUT2D eigenvalue weighted by Crippen LogP contribution is 2.23. The van der Waals surface area contributed by atoms with Gasteiger partial charge in [-0.25, -0.2) is 4.39 Å². The summed E-state index contributed by atoms with van der Waals surface area (Å²) in [7, 11) is 0. The zero-order valence-corrected chi connectivity index (χ0v) is 12.8. The zero-order chi connectivity index (χ0) is 14.0. The molecule has 100 valence electrons. The normalized spacial score (nSPS) is 12.5. The van der Waals surface area contributed by atoms with Crippen LogP contribution in [0.3, 0.4) is 0 Å². The van der Waals surface area contributed by atoms with Gasteiger partial charge in [-0.15, -0.1) is 0 Å². The Morgan fingerprint density at radius 3 is 2.58 bits per heavy atom. The van der Waals surface area contributed by atoms with Gasteiger partial charge in [0, 0.05) is 15.5 Å². The molecule has 1 nitrogen and oxygen atoms in total. The average molecular weight is 343 g/mol. The third-order valence-electron chi connectivity index (χ3n) is 2.87. The first-order valence-corrected chi connectivity index (χ1v) is 7.09. The van der Waals surface area contributed by atoms with Gasteiger partial charge in [0.2, 0.25) is 0 Å². The van der Waals surface area contributed by atoms with Crippen LogP contribution in [-0.4, -0.2) is 0 Å². The standard InChI is InChI=1S/C15H14BrClFN/c1-9-2-11(7-13(17)3-9)15(19)6-10-4-12(16)8-14(18)5-10/h2-5,7-8,15H,6,19H2,1H3. The maximum atomic E-state index is 13.3. The molecule has 0 heterocycles. The summed E-state index contributed by atoms with van der Waals surface area (Å²) < 4.78 is 14.0. The molecule has 0 radical (unpaired) electrons. The van der Waals surface area contributed by atoms with Crippen molar-refractivity contribution in [3.63, 3.8) is 0 Å². The van der Waals surface area contributed by atoms with Crippen molar-refractivity contribution in [1.29, 1.82) is 0 Å². The van der Waals surface area contributed by atoms with Gasteiger partial charge in [-0.2, -0.15) is 0 Å². The largest absolute Gasteiger partial charge is 0.324 e. The topological polar surface area (TPSA) is 26.0 Å². The van der Waals surface area contributed by atoms with E-state index in [-0.39, 0.29) is 11.9 Å². The second-order valence-electron chi connectivity index (χ2n) is 4.65. The smallest absolute Gasteiger partial charge is 0.124 e. The molecule has 2 N–H and O–H groups in total. The van der Waals surface area contributed by atoms with Crippen molar-refractivity contribution in [1.82, 2.24) is 0 Å². The van der Waals surface area contributed by atoms with Gasteiger partial charge in [-0.05, 0) is 60.4 Å². The van der Waals surface area contributed by atoms with Crippen LogP contribution in [0.15, 0.2) is 40.9 Å². The van der Waals surface area contributed by atoms with Crippen LogP contribution >= 0.6 is 27.5 Å². The number of hydrogen-bond acceptors (Lipinski definition) is 1. The first-order valence-electron chi connectivity index (χ1n) is 5.91. The molecular formula is C15H14BrClFN. The summed E-state index contributed by atoms with van der Waals surface area (Å²) in [5.74, 6) is -0.265. The van der Waals surface area contributed by atoms with Gasteiger partial charge >= 0.3 is 0 Å². The molecule has 2 aromatic carbocycles. The van der Waals surface area contributed by atoms with Crippen molar-refractivity contribution in [2.75, 3.05) is 0 Å². The van der Waals surface area contributed by atoms with E-state index >= 15 is 0 Å². The molecule has 0 aliphatic carbocycles. The Bertz CT molecular complexity index is 560. The molecule has 0 spiro atoms. The first-order chi connectivity index (χ1) is 8.94. The Labute approximate surface area is 125 Å². The Morgan fingerprint density at radius 1 is 1.21 bits per heavy atom. The Kier molecular flexibility index (Phi) is 4.61. The van der Waals surface area contributed by atoms with E-state index in [1.54, 1.807) is 0 Å². The minimum Gasteiger partial charge on any atom is -0.324 e. The van der Waals surface area contributed by atoms with Crippen molar-refractivity contribution >= 4 is 27.5 Å². The van der Waals surface area contributed by atoms with E-state index in [0.29, 0.717) is 11.4 Å². The van der Waals surface area contributed by atoms with E-state index in [9.17, 15) is 4.39 Å². The molecule has 0 fully saturated rings. The lowest BCUT2D eigenvalue weighted by Gasteiger charge is -2.14. The fraction of sp³-hybridized carbons (Fsp3) is 0.200. The van der Waals surface area contributed by atoms with Crippen molar-refractivity contribution in [3.05, 3.63) is 68.4 Å². The fourth-order valence-corrected chi connectivity index (χ4v) is 2.89. The molecule has 0 saturated carbocycles. The highest BCUT2D eigenvalue weighted by atomic mass is 79.9. The minimum absolute atomic E-state index is 0.203. The van der Waals surface area contributed by atoms with Crippen LogP contribution in [0.2, 0.25) is 5.02 Å². The van der Waals surface area contributed by atoms with E-state index in [2.05, 4.69) is 15.9 Å². The van der Waals surface area contributed by atoms with Gasteiger partial charge in [0.05, 0.1) is 0 Å². The van der Waals surface area contributed by atoms with E-state index in [0.717, 1.165) is 21.2 Å². The molecule has 0 saturated heterocycles. The molecule has 2 rings (SSSR count). The van der Waals surface area contributed by atoms with Crippen molar-refractivity contribution in [2.24, 2.45) is 5.73 Å². The van der Waals surface area contributed by atoms with Crippen LogP contribution in [-0.2, 0) is 6.42 Å². The lowest BCUT2D eigenvalue weighted by atomic mass is 9.98. The summed E-state index contributed by atoms with van der Waals surface area (Å²) in [5, 5.41) is 0.672. The van der Waals surface area contributed by atoms with Crippen LogP contribution in [0.25, 0.3) is 0 Å². The number of nitrogens with two attached hydrogens (primary N) is 1. The van der Waals surface area contributed by atoms with Crippen LogP contribution in [0.4, 0.5) is 4.39 Å². The third kappa shape index (κ3) is 4.03. The highest BCUT2D eigenvalue weighted by Gasteiger charge is 2.10. The van der Waals surface area contributed by atoms with E-state index in [1.165, 1.54) is 12.1 Å². The molecule has 4 heteroatoms. The quantitative estimate of drug-likeness (QED) is 0.852. The maximum Gasteiger partial charge on any atom is 0.124 e. The summed E-state index contributed by atoms with van der Waals surface area (Å²) in [6, 6.07) is 10.3. The number of aryl methyl sites for hydroxylation is 1. The van der Waals surface area contributed by atoms with Crippen LogP contribution in [0.5, 0.6) is 0 Å². The van der Waals surface area contributed by atoms with Gasteiger partial charge in [-0.1, -0.05) is 33.6 Å².